The second-order valence-electron chi connectivity index (χ2n) is 6.08. The van der Waals surface area contributed by atoms with E-state index in [-0.39, 0.29) is 12.1 Å². The fourth-order valence-electron chi connectivity index (χ4n) is 2.73. The molecular weight excluding hydrogens is 352 g/mol. The number of carbonyl (C=O) groups excluding carboxylic acids is 2. The summed E-state index contributed by atoms with van der Waals surface area (Å²) >= 11 is 1.62. The van der Waals surface area contributed by atoms with Crippen molar-refractivity contribution in [2.24, 2.45) is 0 Å². The molecule has 1 fully saturated rings. The lowest BCUT2D eigenvalue weighted by molar-refractivity contribution is 0.181. The van der Waals surface area contributed by atoms with Crippen LogP contribution in [0.4, 0.5) is 21.0 Å². The van der Waals surface area contributed by atoms with E-state index in [0.717, 1.165) is 22.7 Å². The molecule has 2 heterocycles. The lowest BCUT2D eigenvalue weighted by Gasteiger charge is -2.21. The summed E-state index contributed by atoms with van der Waals surface area (Å²) in [6, 6.07) is 5.27. The fraction of sp³-hybridized carbons (Fsp3) is 0.389. The smallest absolute Gasteiger partial charge is 0.414 e. The van der Waals surface area contributed by atoms with E-state index < -0.39 is 0 Å². The van der Waals surface area contributed by atoms with E-state index in [4.69, 9.17) is 4.74 Å². The number of carbonyl (C=O) groups is 2. The lowest BCUT2D eigenvalue weighted by atomic mass is 10.1. The summed E-state index contributed by atoms with van der Waals surface area (Å²) in [5.74, 6) is 0. The molecule has 0 saturated carbocycles. The number of nitrogens with zero attached hydrogens (tertiary/aromatic N) is 3. The van der Waals surface area contributed by atoms with Gasteiger partial charge in [-0.3, -0.25) is 4.90 Å². The normalized spacial score (nSPS) is 13.7. The van der Waals surface area contributed by atoms with Gasteiger partial charge in [0.2, 0.25) is 0 Å². The zero-order chi connectivity index (χ0) is 18.7. The molecule has 7 nitrogen and oxygen atoms in total. The highest BCUT2D eigenvalue weighted by molar-refractivity contribution is 7.11. The summed E-state index contributed by atoms with van der Waals surface area (Å²) in [6.07, 6.45) is 2.44. The number of cyclic esters (lactones) is 1. The number of aryl methyl sites for hydroxylation is 1. The maximum Gasteiger partial charge on any atom is 0.414 e. The van der Waals surface area contributed by atoms with Crippen molar-refractivity contribution in [2.75, 3.05) is 30.4 Å². The summed E-state index contributed by atoms with van der Waals surface area (Å²) in [6.45, 7) is 5.31. The zero-order valence-corrected chi connectivity index (χ0v) is 15.9. The van der Waals surface area contributed by atoms with Gasteiger partial charge in [0.1, 0.15) is 11.6 Å². The molecule has 0 atom stereocenters. The van der Waals surface area contributed by atoms with E-state index in [9.17, 15) is 9.59 Å². The Morgan fingerprint density at radius 3 is 2.92 bits per heavy atom. The molecule has 8 heteroatoms. The number of hydrogen-bond donors (Lipinski definition) is 1. The molecule has 1 N–H and O–H groups in total. The first-order chi connectivity index (χ1) is 12.5. The van der Waals surface area contributed by atoms with Crippen molar-refractivity contribution in [3.05, 3.63) is 39.8 Å². The van der Waals surface area contributed by atoms with E-state index in [1.807, 2.05) is 31.3 Å². The number of aromatic nitrogens is 1. The zero-order valence-electron chi connectivity index (χ0n) is 15.1. The molecule has 0 radical (unpaired) electrons. The Morgan fingerprint density at radius 1 is 1.46 bits per heavy atom. The van der Waals surface area contributed by atoms with Crippen LogP contribution < -0.4 is 10.2 Å². The molecule has 138 valence electrons. The van der Waals surface area contributed by atoms with Crippen molar-refractivity contribution in [3.63, 3.8) is 0 Å². The van der Waals surface area contributed by atoms with Gasteiger partial charge in [-0.2, -0.15) is 0 Å². The molecular formula is C18H22N4O3S. The number of thiazole rings is 1. The summed E-state index contributed by atoms with van der Waals surface area (Å²) < 4.78 is 5.00. The fourth-order valence-corrected chi connectivity index (χ4v) is 3.65. The SMILES string of the molecule is CCc1cnc(CN(C)C(=O)Nc2cccc(N3CCOC3=O)c2C)s1. The van der Waals surface area contributed by atoms with Crippen LogP contribution in [0.2, 0.25) is 0 Å². The van der Waals surface area contributed by atoms with Gasteiger partial charge in [-0.25, -0.2) is 14.6 Å². The summed E-state index contributed by atoms with van der Waals surface area (Å²) in [5.41, 5.74) is 2.25. The van der Waals surface area contributed by atoms with Gasteiger partial charge in [0.05, 0.1) is 18.8 Å². The minimum atomic E-state index is -0.357. The topological polar surface area (TPSA) is 74.8 Å². The van der Waals surface area contributed by atoms with Crippen LogP contribution in [0.1, 0.15) is 22.4 Å². The van der Waals surface area contributed by atoms with Crippen molar-refractivity contribution in [1.82, 2.24) is 9.88 Å². The maximum atomic E-state index is 12.5. The molecule has 0 spiro atoms. The highest BCUT2D eigenvalue weighted by Crippen LogP contribution is 2.29. The minimum absolute atomic E-state index is 0.220. The number of rotatable bonds is 5. The molecule has 26 heavy (non-hydrogen) atoms. The molecule has 0 unspecified atom stereocenters. The van der Waals surface area contributed by atoms with E-state index in [2.05, 4.69) is 17.2 Å². The number of urea groups is 1. The van der Waals surface area contributed by atoms with E-state index in [0.29, 0.717) is 25.4 Å². The predicted molar refractivity (Wildman–Crippen MR) is 102 cm³/mol. The second-order valence-corrected chi connectivity index (χ2v) is 7.28. The van der Waals surface area contributed by atoms with Crippen molar-refractivity contribution in [1.29, 1.82) is 0 Å². The van der Waals surface area contributed by atoms with Crippen molar-refractivity contribution in [3.8, 4) is 0 Å². The Hall–Kier alpha value is -2.61. The Morgan fingerprint density at radius 2 is 2.27 bits per heavy atom. The van der Waals surface area contributed by atoms with Crippen molar-refractivity contribution >= 4 is 34.8 Å². The average Bonchev–Trinajstić information content (AvgIpc) is 3.25. The van der Waals surface area contributed by atoms with E-state index in [1.54, 1.807) is 28.2 Å². The number of benzene rings is 1. The first-order valence-corrected chi connectivity index (χ1v) is 9.30. The van der Waals surface area contributed by atoms with Crippen molar-refractivity contribution in [2.45, 2.75) is 26.8 Å². The number of hydrogen-bond acceptors (Lipinski definition) is 5. The Kier molecular flexibility index (Phi) is 5.41. The molecule has 1 aliphatic heterocycles. The van der Waals surface area contributed by atoms with Gasteiger partial charge in [-0.1, -0.05) is 13.0 Å². The second kappa shape index (κ2) is 7.74. The Bertz CT molecular complexity index is 821. The van der Waals surface area contributed by atoms with Crippen LogP contribution in [0.5, 0.6) is 0 Å². The third-order valence-electron chi connectivity index (χ3n) is 4.27. The number of amides is 3. The number of ether oxygens (including phenoxy) is 1. The van der Waals surface area contributed by atoms with Crippen LogP contribution in [0, 0.1) is 6.92 Å². The highest BCUT2D eigenvalue weighted by atomic mass is 32.1. The number of anilines is 2. The first-order valence-electron chi connectivity index (χ1n) is 8.49. The minimum Gasteiger partial charge on any atom is -0.447 e. The van der Waals surface area contributed by atoms with Gasteiger partial charge in [-0.05, 0) is 31.0 Å². The molecule has 3 rings (SSSR count). The Balaban J connectivity index is 1.69. The largest absolute Gasteiger partial charge is 0.447 e. The molecule has 1 aliphatic rings. The van der Waals surface area contributed by atoms with Gasteiger partial charge in [0.15, 0.2) is 0 Å². The van der Waals surface area contributed by atoms with Crippen LogP contribution in [0.3, 0.4) is 0 Å². The van der Waals surface area contributed by atoms with E-state index in [1.165, 1.54) is 4.88 Å². The summed E-state index contributed by atoms with van der Waals surface area (Å²) in [7, 11) is 1.74. The van der Waals surface area contributed by atoms with Gasteiger partial charge >= 0.3 is 12.1 Å². The first kappa shape index (κ1) is 18.2. The summed E-state index contributed by atoms with van der Waals surface area (Å²) in [4.78, 5) is 33.1. The molecule has 1 saturated heterocycles. The van der Waals surface area contributed by atoms with Crippen LogP contribution in [0.15, 0.2) is 24.4 Å². The third-order valence-corrected chi connectivity index (χ3v) is 5.39. The molecule has 3 amide bonds. The average molecular weight is 374 g/mol. The quantitative estimate of drug-likeness (QED) is 0.867. The molecule has 0 bridgehead atoms. The highest BCUT2D eigenvalue weighted by Gasteiger charge is 2.25. The summed E-state index contributed by atoms with van der Waals surface area (Å²) in [5, 5.41) is 3.82. The van der Waals surface area contributed by atoms with Crippen LogP contribution >= 0.6 is 11.3 Å². The van der Waals surface area contributed by atoms with Crippen LogP contribution in [-0.4, -0.2) is 42.2 Å². The molecule has 0 aliphatic carbocycles. The van der Waals surface area contributed by atoms with E-state index >= 15 is 0 Å². The van der Waals surface area contributed by atoms with Gasteiger partial charge < -0.3 is 15.0 Å². The van der Waals surface area contributed by atoms with Crippen LogP contribution in [0.25, 0.3) is 0 Å². The standard InChI is InChI=1S/C18H22N4O3S/c1-4-13-10-19-16(26-13)11-21(3)17(23)20-14-6-5-7-15(12(14)2)22-8-9-25-18(22)24/h5-7,10H,4,8-9,11H2,1-3H3,(H,20,23). The number of nitrogens with one attached hydrogen (secondary N) is 1. The monoisotopic (exact) mass is 374 g/mol. The molecule has 1 aromatic carbocycles. The van der Waals surface area contributed by atoms with Gasteiger partial charge in [0, 0.05) is 23.8 Å². The van der Waals surface area contributed by atoms with Gasteiger partial charge in [0.25, 0.3) is 0 Å². The maximum absolute atomic E-state index is 12.5. The molecule has 2 aromatic rings. The van der Waals surface area contributed by atoms with Gasteiger partial charge in [-0.15, -0.1) is 11.3 Å². The van der Waals surface area contributed by atoms with Crippen LogP contribution in [-0.2, 0) is 17.7 Å². The predicted octanol–water partition coefficient (Wildman–Crippen LogP) is 3.63. The Labute approximate surface area is 156 Å². The lowest BCUT2D eigenvalue weighted by Crippen LogP contribution is -2.31. The third kappa shape index (κ3) is 3.80. The van der Waals surface area contributed by atoms with Crippen molar-refractivity contribution < 1.29 is 14.3 Å². The molecule has 1 aromatic heterocycles.